The van der Waals surface area contributed by atoms with Crippen molar-refractivity contribution in [2.75, 3.05) is 5.32 Å². The molecule has 0 radical (unpaired) electrons. The Balaban J connectivity index is 1.53. The number of fused-ring (bicyclic) bond motifs is 1. The van der Waals surface area contributed by atoms with Gasteiger partial charge in [-0.05, 0) is 49.9 Å². The van der Waals surface area contributed by atoms with Crippen LogP contribution >= 0.6 is 0 Å². The quantitative estimate of drug-likeness (QED) is 0.579. The number of para-hydroxylation sites is 1. The number of nitriles is 1. The van der Waals surface area contributed by atoms with Crippen molar-refractivity contribution in [1.29, 1.82) is 5.26 Å². The molecular formula is C24H21F3N4O. The summed E-state index contributed by atoms with van der Waals surface area (Å²) in [4.78, 5) is 16.1. The Labute approximate surface area is 183 Å². The van der Waals surface area contributed by atoms with Gasteiger partial charge in [-0.15, -0.1) is 0 Å². The number of amides is 1. The number of aromatic nitrogens is 1. The normalized spacial score (nSPS) is 21.0. The summed E-state index contributed by atoms with van der Waals surface area (Å²) in [6, 6.07) is 18.5. The van der Waals surface area contributed by atoms with Gasteiger partial charge >= 0.3 is 6.18 Å². The van der Waals surface area contributed by atoms with E-state index in [0.29, 0.717) is 36.6 Å². The fourth-order valence-corrected chi connectivity index (χ4v) is 4.06. The molecule has 3 aromatic rings. The van der Waals surface area contributed by atoms with Crippen LogP contribution in [0.1, 0.15) is 41.7 Å². The first-order valence-corrected chi connectivity index (χ1v) is 10.3. The minimum atomic E-state index is -4.60. The van der Waals surface area contributed by atoms with Gasteiger partial charge in [0, 0.05) is 22.7 Å². The molecule has 4 rings (SSSR count). The second-order valence-corrected chi connectivity index (χ2v) is 8.00. The van der Waals surface area contributed by atoms with Gasteiger partial charge in [-0.25, -0.2) is 4.98 Å². The number of carbonyl (C=O) groups is 1. The summed E-state index contributed by atoms with van der Waals surface area (Å²) in [5.41, 5.74) is -1.03. The van der Waals surface area contributed by atoms with E-state index in [1.54, 1.807) is 42.5 Å². The highest BCUT2D eigenvalue weighted by Crippen LogP contribution is 2.37. The lowest BCUT2D eigenvalue weighted by Crippen LogP contribution is -2.46. The Morgan fingerprint density at radius 2 is 1.72 bits per heavy atom. The van der Waals surface area contributed by atoms with Crippen molar-refractivity contribution in [3.8, 4) is 6.07 Å². The zero-order valence-corrected chi connectivity index (χ0v) is 17.1. The Morgan fingerprint density at radius 3 is 2.38 bits per heavy atom. The first-order chi connectivity index (χ1) is 15.3. The minimum absolute atomic E-state index is 0.106. The molecular weight excluding hydrogens is 417 g/mol. The highest BCUT2D eigenvalue weighted by atomic mass is 19.4. The maximum Gasteiger partial charge on any atom is 0.433 e. The molecule has 1 saturated carbocycles. The lowest BCUT2D eigenvalue weighted by atomic mass is 9.80. The Kier molecular flexibility index (Phi) is 5.74. The van der Waals surface area contributed by atoms with Crippen molar-refractivity contribution in [2.24, 2.45) is 0 Å². The maximum absolute atomic E-state index is 13.4. The molecule has 1 aliphatic carbocycles. The number of benzene rings is 2. The number of alkyl halides is 3. The van der Waals surface area contributed by atoms with Crippen LogP contribution in [0, 0.1) is 11.3 Å². The number of nitrogens with zero attached hydrogens (tertiary/aromatic N) is 2. The van der Waals surface area contributed by atoms with Crippen LogP contribution in [-0.2, 0) is 6.18 Å². The third kappa shape index (κ3) is 4.52. The van der Waals surface area contributed by atoms with Gasteiger partial charge in [0.2, 0.25) is 0 Å². The smallest absolute Gasteiger partial charge is 0.367 e. The number of halogens is 3. The fourth-order valence-electron chi connectivity index (χ4n) is 4.06. The van der Waals surface area contributed by atoms with Crippen LogP contribution in [0.15, 0.2) is 60.7 Å². The van der Waals surface area contributed by atoms with E-state index >= 15 is 0 Å². The highest BCUT2D eigenvalue weighted by Gasteiger charge is 2.38. The molecule has 8 heteroatoms. The van der Waals surface area contributed by atoms with Crippen LogP contribution in [0.5, 0.6) is 0 Å². The van der Waals surface area contributed by atoms with Gasteiger partial charge in [0.15, 0.2) is 0 Å². The summed E-state index contributed by atoms with van der Waals surface area (Å²) in [5, 5.41) is 16.5. The number of hydrogen-bond acceptors (Lipinski definition) is 4. The van der Waals surface area contributed by atoms with Crippen LogP contribution in [0.3, 0.4) is 0 Å². The van der Waals surface area contributed by atoms with Crippen LogP contribution in [0.4, 0.5) is 18.9 Å². The van der Waals surface area contributed by atoms with E-state index in [9.17, 15) is 23.2 Å². The molecule has 1 aliphatic rings. The molecule has 2 aromatic carbocycles. The van der Waals surface area contributed by atoms with Crippen molar-refractivity contribution in [3.05, 3.63) is 71.9 Å². The van der Waals surface area contributed by atoms with E-state index in [1.807, 2.05) is 6.07 Å². The van der Waals surface area contributed by atoms with Gasteiger partial charge in [-0.1, -0.05) is 36.4 Å². The van der Waals surface area contributed by atoms with E-state index in [-0.39, 0.29) is 23.2 Å². The predicted octanol–water partition coefficient (Wildman–Crippen LogP) is 5.30. The zero-order chi connectivity index (χ0) is 22.8. The van der Waals surface area contributed by atoms with Crippen LogP contribution in [-0.4, -0.2) is 22.5 Å². The molecule has 0 atom stereocenters. The number of rotatable bonds is 4. The molecule has 1 fully saturated rings. The molecule has 1 heterocycles. The maximum atomic E-state index is 13.4. The zero-order valence-electron chi connectivity index (χ0n) is 17.1. The summed E-state index contributed by atoms with van der Waals surface area (Å²) in [6.45, 7) is 0. The van der Waals surface area contributed by atoms with Gasteiger partial charge in [0.25, 0.3) is 5.91 Å². The third-order valence-electron chi connectivity index (χ3n) is 5.80. The standard InChI is InChI=1S/C24H21F3N4O/c25-24(26,27)21-14-20(18-8-4-5-9-19(18)30-21)31-23(15-28)12-10-17(11-13-23)29-22(32)16-6-2-1-3-7-16/h1-9,14,17H,10-13H2,(H,29,32)(H,30,31). The molecule has 32 heavy (non-hydrogen) atoms. The van der Waals surface area contributed by atoms with Crippen LogP contribution < -0.4 is 10.6 Å². The third-order valence-corrected chi connectivity index (χ3v) is 5.80. The lowest BCUT2D eigenvalue weighted by Gasteiger charge is -2.37. The monoisotopic (exact) mass is 438 g/mol. The van der Waals surface area contributed by atoms with Gasteiger partial charge < -0.3 is 10.6 Å². The summed E-state index contributed by atoms with van der Waals surface area (Å²) in [7, 11) is 0. The van der Waals surface area contributed by atoms with E-state index in [1.165, 1.54) is 6.07 Å². The number of carbonyl (C=O) groups excluding carboxylic acids is 1. The summed E-state index contributed by atoms with van der Waals surface area (Å²) in [6.07, 6.45) is -2.75. The fraction of sp³-hybridized carbons (Fsp3) is 0.292. The summed E-state index contributed by atoms with van der Waals surface area (Å²) < 4.78 is 40.1. The summed E-state index contributed by atoms with van der Waals surface area (Å²) in [5.74, 6) is -0.178. The van der Waals surface area contributed by atoms with Crippen molar-refractivity contribution >= 4 is 22.5 Å². The average Bonchev–Trinajstić information content (AvgIpc) is 2.80. The molecule has 0 saturated heterocycles. The topological polar surface area (TPSA) is 77.8 Å². The van der Waals surface area contributed by atoms with Crippen molar-refractivity contribution in [3.63, 3.8) is 0 Å². The predicted molar refractivity (Wildman–Crippen MR) is 115 cm³/mol. The number of nitrogens with one attached hydrogen (secondary N) is 2. The molecule has 0 unspecified atom stereocenters. The second kappa shape index (κ2) is 8.50. The van der Waals surface area contributed by atoms with E-state index in [0.717, 1.165) is 6.07 Å². The van der Waals surface area contributed by atoms with Gasteiger partial charge in [0.05, 0.1) is 11.6 Å². The second-order valence-electron chi connectivity index (χ2n) is 8.00. The highest BCUT2D eigenvalue weighted by molar-refractivity contribution is 5.94. The van der Waals surface area contributed by atoms with E-state index in [2.05, 4.69) is 21.7 Å². The molecule has 5 nitrogen and oxygen atoms in total. The minimum Gasteiger partial charge on any atom is -0.367 e. The van der Waals surface area contributed by atoms with Crippen molar-refractivity contribution in [1.82, 2.24) is 10.3 Å². The molecule has 0 aliphatic heterocycles. The molecule has 2 N–H and O–H groups in total. The van der Waals surface area contributed by atoms with Gasteiger partial charge in [0.1, 0.15) is 11.2 Å². The molecule has 1 amide bonds. The number of hydrogen-bond donors (Lipinski definition) is 2. The van der Waals surface area contributed by atoms with Crippen LogP contribution in [0.25, 0.3) is 10.9 Å². The molecule has 1 aromatic heterocycles. The SMILES string of the molecule is N#CC1(Nc2cc(C(F)(F)F)nc3ccccc23)CCC(NC(=O)c2ccccc2)CC1. The van der Waals surface area contributed by atoms with Crippen molar-refractivity contribution in [2.45, 2.75) is 43.4 Å². The van der Waals surface area contributed by atoms with Gasteiger partial charge in [-0.3, -0.25) is 4.79 Å². The lowest BCUT2D eigenvalue weighted by molar-refractivity contribution is -0.140. The molecule has 0 bridgehead atoms. The van der Waals surface area contributed by atoms with Crippen molar-refractivity contribution < 1.29 is 18.0 Å². The van der Waals surface area contributed by atoms with E-state index in [4.69, 9.17) is 0 Å². The van der Waals surface area contributed by atoms with Crippen LogP contribution in [0.2, 0.25) is 0 Å². The Bertz CT molecular complexity index is 1160. The first kappa shape index (κ1) is 21.6. The molecule has 164 valence electrons. The van der Waals surface area contributed by atoms with Gasteiger partial charge in [-0.2, -0.15) is 18.4 Å². The summed E-state index contributed by atoms with van der Waals surface area (Å²) >= 11 is 0. The average molecular weight is 438 g/mol. The van der Waals surface area contributed by atoms with E-state index < -0.39 is 17.4 Å². The first-order valence-electron chi connectivity index (χ1n) is 10.3. The largest absolute Gasteiger partial charge is 0.433 e. The number of anilines is 1. The number of pyridine rings is 1. The molecule has 0 spiro atoms. The Hall–Kier alpha value is -3.60. The Morgan fingerprint density at radius 1 is 1.06 bits per heavy atom.